The normalized spacial score (nSPS) is 8.95. The Morgan fingerprint density at radius 1 is 0.909 bits per heavy atom. The number of benzene rings is 2. The van der Waals surface area contributed by atoms with Crippen molar-refractivity contribution in [2.24, 2.45) is 11.5 Å². The largest absolute Gasteiger partial charge is 0.399 e. The molecule has 0 unspecified atom stereocenters. The third-order valence-electron chi connectivity index (χ3n) is 2.95. The van der Waals surface area contributed by atoms with E-state index in [9.17, 15) is 0 Å². The van der Waals surface area contributed by atoms with Gasteiger partial charge in [0.05, 0.1) is 0 Å². The molecule has 0 fully saturated rings. The van der Waals surface area contributed by atoms with Crippen molar-refractivity contribution in [1.29, 1.82) is 0 Å². The number of aryl methyl sites for hydroxylation is 1. The van der Waals surface area contributed by atoms with Gasteiger partial charge in [0.2, 0.25) is 0 Å². The number of hydrogen-bond acceptors (Lipinski definition) is 2. The van der Waals surface area contributed by atoms with Crippen LogP contribution in [0, 0.1) is 0 Å². The summed E-state index contributed by atoms with van der Waals surface area (Å²) in [5.41, 5.74) is 15.6. The van der Waals surface area contributed by atoms with E-state index >= 15 is 0 Å². The lowest BCUT2D eigenvalue weighted by Gasteiger charge is -2.09. The van der Waals surface area contributed by atoms with Crippen LogP contribution in [-0.2, 0) is 6.42 Å². The highest BCUT2D eigenvalue weighted by molar-refractivity contribution is 5.79. The molecule has 0 spiro atoms. The molecule has 0 bridgehead atoms. The zero-order valence-corrected chi connectivity index (χ0v) is 14.4. The van der Waals surface area contributed by atoms with Gasteiger partial charge < -0.3 is 11.5 Å². The first-order valence-electron chi connectivity index (χ1n) is 7.84. The fourth-order valence-corrected chi connectivity index (χ4v) is 1.93. The molecule has 2 nitrogen and oxygen atoms in total. The van der Waals surface area contributed by atoms with Gasteiger partial charge in [-0.2, -0.15) is 0 Å². The fraction of sp³-hybridized carbons (Fsp3) is 0.300. The van der Waals surface area contributed by atoms with Crippen LogP contribution >= 0.6 is 0 Å². The molecule has 4 N–H and O–H groups in total. The van der Waals surface area contributed by atoms with Crippen LogP contribution < -0.4 is 11.5 Å². The number of hydrogen-bond donors (Lipinski definition) is 2. The van der Waals surface area contributed by atoms with Crippen molar-refractivity contribution in [2.75, 3.05) is 7.05 Å². The van der Waals surface area contributed by atoms with Crippen LogP contribution in [0.25, 0.3) is 16.8 Å². The SMILES string of the molecule is C=C(N)c1ccccc1-c1ccc(CC)cc1.CCC.CN. The third-order valence-corrected chi connectivity index (χ3v) is 2.95. The topological polar surface area (TPSA) is 52.0 Å². The summed E-state index contributed by atoms with van der Waals surface area (Å²) in [6.45, 7) is 10.2. The van der Waals surface area contributed by atoms with Crippen molar-refractivity contribution in [3.05, 3.63) is 66.2 Å². The average Bonchev–Trinajstić information content (AvgIpc) is 2.57. The predicted molar refractivity (Wildman–Crippen MR) is 101 cm³/mol. The standard InChI is InChI=1S/C16H17N.C3H8.CH5N/c1-3-13-8-10-14(11-9-13)16-7-5-4-6-15(16)12(2)17;1-3-2;1-2/h4-11H,2-3,17H2,1H3;3H2,1-2H3;2H2,1H3. The second-order valence-electron chi connectivity index (χ2n) is 4.83. The van der Waals surface area contributed by atoms with Gasteiger partial charge in [0.25, 0.3) is 0 Å². The molecule has 0 aliphatic carbocycles. The maximum atomic E-state index is 5.81. The lowest BCUT2D eigenvalue weighted by Crippen LogP contribution is -1.96. The molecule has 0 aromatic heterocycles. The van der Waals surface area contributed by atoms with Gasteiger partial charge in [-0.15, -0.1) is 0 Å². The van der Waals surface area contributed by atoms with Crippen LogP contribution in [-0.4, -0.2) is 7.05 Å². The molecular weight excluding hydrogens is 268 g/mol. The molecule has 0 radical (unpaired) electrons. The molecule has 0 saturated carbocycles. The van der Waals surface area contributed by atoms with Gasteiger partial charge in [-0.05, 0) is 30.2 Å². The molecule has 2 rings (SSSR count). The maximum absolute atomic E-state index is 5.81. The van der Waals surface area contributed by atoms with Gasteiger partial charge >= 0.3 is 0 Å². The highest BCUT2D eigenvalue weighted by Gasteiger charge is 2.04. The molecule has 0 saturated heterocycles. The molecular formula is C20H30N2. The molecule has 0 aliphatic rings. The van der Waals surface area contributed by atoms with E-state index in [1.165, 1.54) is 24.6 Å². The summed E-state index contributed by atoms with van der Waals surface area (Å²) in [6, 6.07) is 16.7. The minimum atomic E-state index is 0.611. The van der Waals surface area contributed by atoms with Crippen molar-refractivity contribution in [1.82, 2.24) is 0 Å². The Kier molecular flexibility index (Phi) is 10.5. The van der Waals surface area contributed by atoms with Gasteiger partial charge in [0.15, 0.2) is 0 Å². The summed E-state index contributed by atoms with van der Waals surface area (Å²) in [5, 5.41) is 0. The molecule has 22 heavy (non-hydrogen) atoms. The Morgan fingerprint density at radius 3 is 1.86 bits per heavy atom. The van der Waals surface area contributed by atoms with Gasteiger partial charge in [-0.1, -0.05) is 82.3 Å². The van der Waals surface area contributed by atoms with Crippen LogP contribution in [0.15, 0.2) is 55.1 Å². The quantitative estimate of drug-likeness (QED) is 0.852. The van der Waals surface area contributed by atoms with Crippen molar-refractivity contribution in [2.45, 2.75) is 33.6 Å². The molecule has 0 atom stereocenters. The second kappa shape index (κ2) is 11.6. The number of rotatable bonds is 3. The van der Waals surface area contributed by atoms with E-state index in [1.54, 1.807) is 0 Å². The van der Waals surface area contributed by atoms with Crippen LogP contribution in [0.1, 0.15) is 38.3 Å². The first-order valence-corrected chi connectivity index (χ1v) is 7.84. The second-order valence-corrected chi connectivity index (χ2v) is 4.83. The molecule has 0 amide bonds. The Morgan fingerprint density at radius 2 is 1.41 bits per heavy atom. The van der Waals surface area contributed by atoms with E-state index in [0.29, 0.717) is 5.70 Å². The molecule has 2 aromatic carbocycles. The third kappa shape index (κ3) is 6.15. The zero-order chi connectivity index (χ0) is 17.0. The van der Waals surface area contributed by atoms with E-state index in [1.807, 2.05) is 18.2 Å². The molecule has 2 aromatic rings. The molecule has 120 valence electrons. The van der Waals surface area contributed by atoms with E-state index in [0.717, 1.165) is 17.5 Å². The van der Waals surface area contributed by atoms with Crippen molar-refractivity contribution < 1.29 is 0 Å². The summed E-state index contributed by atoms with van der Waals surface area (Å²) in [6.07, 6.45) is 2.31. The first-order chi connectivity index (χ1) is 10.6. The van der Waals surface area contributed by atoms with E-state index in [2.05, 4.69) is 63.4 Å². The lowest BCUT2D eigenvalue weighted by molar-refractivity contribution is 1.09. The summed E-state index contributed by atoms with van der Waals surface area (Å²) in [7, 11) is 1.50. The molecule has 0 aliphatic heterocycles. The Labute approximate surface area is 135 Å². The summed E-state index contributed by atoms with van der Waals surface area (Å²) >= 11 is 0. The van der Waals surface area contributed by atoms with Crippen LogP contribution in [0.5, 0.6) is 0 Å². The highest BCUT2D eigenvalue weighted by atomic mass is 14.6. The fourth-order valence-electron chi connectivity index (χ4n) is 1.93. The van der Waals surface area contributed by atoms with Gasteiger partial charge in [0.1, 0.15) is 0 Å². The smallest absolute Gasteiger partial charge is 0.0320 e. The van der Waals surface area contributed by atoms with Crippen molar-refractivity contribution in [3.8, 4) is 11.1 Å². The van der Waals surface area contributed by atoms with E-state index < -0.39 is 0 Å². The maximum Gasteiger partial charge on any atom is 0.0320 e. The van der Waals surface area contributed by atoms with Gasteiger partial charge in [0, 0.05) is 11.3 Å². The molecule has 2 heteroatoms. The monoisotopic (exact) mass is 298 g/mol. The van der Waals surface area contributed by atoms with E-state index in [-0.39, 0.29) is 0 Å². The van der Waals surface area contributed by atoms with Crippen LogP contribution in [0.4, 0.5) is 0 Å². The Balaban J connectivity index is 0.000000789. The zero-order valence-electron chi connectivity index (χ0n) is 14.4. The van der Waals surface area contributed by atoms with Crippen LogP contribution in [0.3, 0.4) is 0 Å². The van der Waals surface area contributed by atoms with Gasteiger partial charge in [-0.25, -0.2) is 0 Å². The lowest BCUT2D eigenvalue weighted by atomic mass is 9.97. The summed E-state index contributed by atoms with van der Waals surface area (Å²) in [4.78, 5) is 0. The summed E-state index contributed by atoms with van der Waals surface area (Å²) < 4.78 is 0. The first kappa shape index (κ1) is 19.9. The predicted octanol–water partition coefficient (Wildman–Crippen LogP) is 4.84. The number of nitrogens with two attached hydrogens (primary N) is 2. The highest BCUT2D eigenvalue weighted by Crippen LogP contribution is 2.26. The minimum absolute atomic E-state index is 0.611. The molecule has 0 heterocycles. The summed E-state index contributed by atoms with van der Waals surface area (Å²) in [5.74, 6) is 0. The average molecular weight is 298 g/mol. The Bertz CT molecular complexity index is 542. The van der Waals surface area contributed by atoms with Crippen LogP contribution in [0.2, 0.25) is 0 Å². The van der Waals surface area contributed by atoms with Crippen molar-refractivity contribution in [3.63, 3.8) is 0 Å². The van der Waals surface area contributed by atoms with Crippen molar-refractivity contribution >= 4 is 5.70 Å². The van der Waals surface area contributed by atoms with E-state index in [4.69, 9.17) is 5.73 Å². The minimum Gasteiger partial charge on any atom is -0.399 e. The Hall–Kier alpha value is -2.06. The van der Waals surface area contributed by atoms with Gasteiger partial charge in [-0.3, -0.25) is 0 Å².